The Morgan fingerprint density at radius 2 is 1.07 bits per heavy atom. The van der Waals surface area contributed by atoms with Gasteiger partial charge in [-0.1, -0.05) is 0 Å². The summed E-state index contributed by atoms with van der Waals surface area (Å²) in [5, 5.41) is 9.90. The Balaban J connectivity index is 2.83. The van der Waals surface area contributed by atoms with Gasteiger partial charge in [-0.3, -0.25) is 0 Å². The molecule has 0 radical (unpaired) electrons. The van der Waals surface area contributed by atoms with E-state index in [0.29, 0.717) is 45.6 Å². The molecule has 0 aromatic heterocycles. The number of methoxy groups -OCH3 is 6. The van der Waals surface area contributed by atoms with Crippen molar-refractivity contribution in [3.8, 4) is 40.6 Å². The van der Waals surface area contributed by atoms with E-state index in [-0.39, 0.29) is 11.3 Å². The van der Waals surface area contributed by atoms with E-state index >= 15 is 0 Å². The van der Waals surface area contributed by atoms with Crippen molar-refractivity contribution >= 4 is 11.3 Å². The lowest BCUT2D eigenvalue weighted by atomic mass is 9.99. The van der Waals surface area contributed by atoms with Crippen LogP contribution in [-0.2, 0) is 0 Å². The molecule has 0 N–H and O–H groups in total. The van der Waals surface area contributed by atoms with Gasteiger partial charge in [0.05, 0.1) is 60.9 Å². The summed E-state index contributed by atoms with van der Waals surface area (Å²) in [6.45, 7) is 7.73. The van der Waals surface area contributed by atoms with E-state index in [2.05, 4.69) is 10.9 Å². The molecule has 2 aromatic rings. The van der Waals surface area contributed by atoms with Crippen LogP contribution in [0.25, 0.3) is 16.1 Å². The lowest BCUT2D eigenvalue weighted by Gasteiger charge is -2.16. The van der Waals surface area contributed by atoms with Crippen LogP contribution in [0.4, 0.5) is 0 Å². The molecule has 0 saturated carbocycles. The standard InChI is InChI=1S/C22H22N2O6/c1-24-20(14-10-18(27-4)22(30-7)19(11-14)28-5)15(12-23)13-8-16(25-2)21(29-6)17(9-13)26-3/h8-11H,2-7H3/b20-15-. The summed E-state index contributed by atoms with van der Waals surface area (Å²) in [6.07, 6.45) is 0. The molecule has 0 unspecified atom stereocenters. The number of hydrogen-bond donors (Lipinski definition) is 0. The number of benzene rings is 2. The van der Waals surface area contributed by atoms with E-state index in [1.165, 1.54) is 42.7 Å². The minimum atomic E-state index is 0.103. The fourth-order valence-electron chi connectivity index (χ4n) is 2.96. The Labute approximate surface area is 175 Å². The number of rotatable bonds is 8. The van der Waals surface area contributed by atoms with Crippen LogP contribution in [0.2, 0.25) is 0 Å². The number of allylic oxidation sites excluding steroid dienone is 1. The van der Waals surface area contributed by atoms with Crippen molar-refractivity contribution in [2.45, 2.75) is 0 Å². The highest BCUT2D eigenvalue weighted by Crippen LogP contribution is 2.44. The number of ether oxygens (including phenoxy) is 6. The fourth-order valence-corrected chi connectivity index (χ4v) is 2.96. The third-order valence-corrected chi connectivity index (χ3v) is 4.35. The zero-order valence-corrected chi connectivity index (χ0v) is 17.7. The maximum atomic E-state index is 9.90. The summed E-state index contributed by atoms with van der Waals surface area (Å²) in [4.78, 5) is 3.61. The Bertz CT molecular complexity index is 913. The molecule has 8 nitrogen and oxygen atoms in total. The lowest BCUT2D eigenvalue weighted by molar-refractivity contribution is 0.324. The molecule has 0 aliphatic heterocycles. The normalized spacial score (nSPS) is 10.8. The molecule has 30 heavy (non-hydrogen) atoms. The Hall–Kier alpha value is -4.04. The highest BCUT2D eigenvalue weighted by molar-refractivity contribution is 6.01. The smallest absolute Gasteiger partial charge is 0.212 e. The van der Waals surface area contributed by atoms with Crippen molar-refractivity contribution in [3.05, 3.63) is 46.8 Å². The topological polar surface area (TPSA) is 83.5 Å². The number of hydrogen-bond acceptors (Lipinski definition) is 7. The molecule has 8 heteroatoms. The Kier molecular flexibility index (Phi) is 7.38. The summed E-state index contributed by atoms with van der Waals surface area (Å²) >= 11 is 0. The molecule has 2 aromatic carbocycles. The Morgan fingerprint density at radius 3 is 1.33 bits per heavy atom. The molecule has 2 rings (SSSR count). The van der Waals surface area contributed by atoms with Gasteiger partial charge in [-0.15, -0.1) is 0 Å². The zero-order chi connectivity index (χ0) is 22.3. The summed E-state index contributed by atoms with van der Waals surface area (Å²) in [5.41, 5.74) is 1.10. The fraction of sp³-hybridized carbons (Fsp3) is 0.273. The predicted molar refractivity (Wildman–Crippen MR) is 111 cm³/mol. The first-order valence-corrected chi connectivity index (χ1v) is 8.65. The van der Waals surface area contributed by atoms with Crippen molar-refractivity contribution in [1.29, 1.82) is 5.26 Å². The van der Waals surface area contributed by atoms with Gasteiger partial charge in [0.25, 0.3) is 0 Å². The molecule has 0 fully saturated rings. The van der Waals surface area contributed by atoms with Gasteiger partial charge in [0.1, 0.15) is 0 Å². The van der Waals surface area contributed by atoms with Gasteiger partial charge in [0.2, 0.25) is 17.2 Å². The first kappa shape index (κ1) is 22.3. The van der Waals surface area contributed by atoms with Crippen molar-refractivity contribution in [1.82, 2.24) is 0 Å². The zero-order valence-electron chi connectivity index (χ0n) is 17.7. The monoisotopic (exact) mass is 410 g/mol. The molecule has 0 atom stereocenters. The van der Waals surface area contributed by atoms with E-state index in [4.69, 9.17) is 35.0 Å². The summed E-state index contributed by atoms with van der Waals surface area (Å²) in [5.74, 6) is 2.26. The second-order valence-corrected chi connectivity index (χ2v) is 5.78. The second-order valence-electron chi connectivity index (χ2n) is 5.78. The third-order valence-electron chi connectivity index (χ3n) is 4.35. The maximum Gasteiger partial charge on any atom is 0.212 e. The van der Waals surface area contributed by atoms with Gasteiger partial charge in [0.15, 0.2) is 23.0 Å². The van der Waals surface area contributed by atoms with Crippen LogP contribution in [-0.4, -0.2) is 42.7 Å². The lowest BCUT2D eigenvalue weighted by Crippen LogP contribution is -1.99. The van der Waals surface area contributed by atoms with Gasteiger partial charge >= 0.3 is 0 Å². The molecule has 0 spiro atoms. The van der Waals surface area contributed by atoms with E-state index in [0.717, 1.165) is 0 Å². The van der Waals surface area contributed by atoms with Crippen molar-refractivity contribution in [2.75, 3.05) is 42.7 Å². The largest absolute Gasteiger partial charge is 0.493 e. The minimum Gasteiger partial charge on any atom is -0.493 e. The molecular formula is C22H22N2O6. The predicted octanol–water partition coefficient (Wildman–Crippen LogP) is 4.05. The molecule has 0 bridgehead atoms. The van der Waals surface area contributed by atoms with Gasteiger partial charge < -0.3 is 28.4 Å². The van der Waals surface area contributed by atoms with Crippen LogP contribution >= 0.6 is 0 Å². The highest BCUT2D eigenvalue weighted by Gasteiger charge is 2.21. The van der Waals surface area contributed by atoms with E-state index < -0.39 is 0 Å². The third kappa shape index (κ3) is 4.03. The van der Waals surface area contributed by atoms with E-state index in [1.54, 1.807) is 24.3 Å². The number of nitriles is 1. The van der Waals surface area contributed by atoms with Crippen molar-refractivity contribution < 1.29 is 28.4 Å². The molecule has 0 aliphatic rings. The van der Waals surface area contributed by atoms with E-state index in [1.807, 2.05) is 0 Å². The molecule has 0 aliphatic carbocycles. The molecule has 0 saturated heterocycles. The van der Waals surface area contributed by atoms with Crippen molar-refractivity contribution in [2.24, 2.45) is 0 Å². The van der Waals surface area contributed by atoms with E-state index in [9.17, 15) is 5.26 Å². The molecule has 156 valence electrons. The van der Waals surface area contributed by atoms with Crippen LogP contribution in [0.15, 0.2) is 24.3 Å². The minimum absolute atomic E-state index is 0.103. The SMILES string of the molecule is [C-]#[N+]/C(=C(/C#N)c1cc(OC)c(OC)c(OC)c1)c1cc(OC)c(OC)c(OC)c1. The van der Waals surface area contributed by atoms with Crippen LogP contribution in [0.3, 0.4) is 0 Å². The quantitative estimate of drug-likeness (QED) is 0.369. The average molecular weight is 410 g/mol. The highest BCUT2D eigenvalue weighted by atomic mass is 16.5. The molecule has 0 amide bonds. The first-order chi connectivity index (χ1) is 14.5. The first-order valence-electron chi connectivity index (χ1n) is 8.65. The van der Waals surface area contributed by atoms with Crippen LogP contribution in [0.1, 0.15) is 11.1 Å². The van der Waals surface area contributed by atoms with Crippen LogP contribution in [0.5, 0.6) is 34.5 Å². The Morgan fingerprint density at radius 1 is 0.700 bits per heavy atom. The van der Waals surface area contributed by atoms with Crippen LogP contribution < -0.4 is 28.4 Å². The van der Waals surface area contributed by atoms with Gasteiger partial charge in [-0.2, -0.15) is 5.26 Å². The maximum absolute atomic E-state index is 9.90. The van der Waals surface area contributed by atoms with Gasteiger partial charge in [-0.25, -0.2) is 4.85 Å². The van der Waals surface area contributed by atoms with Gasteiger partial charge in [0, 0.05) is 0 Å². The summed E-state index contributed by atoms with van der Waals surface area (Å²) in [6, 6.07) is 8.57. The molecular weight excluding hydrogens is 388 g/mol. The summed E-state index contributed by atoms with van der Waals surface area (Å²) < 4.78 is 32.1. The summed E-state index contributed by atoms with van der Waals surface area (Å²) in [7, 11) is 8.89. The second kappa shape index (κ2) is 9.94. The number of nitrogens with zero attached hydrogens (tertiary/aromatic N) is 2. The molecule has 0 heterocycles. The van der Waals surface area contributed by atoms with Gasteiger partial charge in [-0.05, 0) is 35.4 Å². The average Bonchev–Trinajstić information content (AvgIpc) is 2.80. The van der Waals surface area contributed by atoms with Crippen molar-refractivity contribution in [3.63, 3.8) is 0 Å². The van der Waals surface area contributed by atoms with Crippen LogP contribution in [0, 0.1) is 17.9 Å².